The van der Waals surface area contributed by atoms with Crippen LogP contribution in [0.25, 0.3) is 0 Å². The van der Waals surface area contributed by atoms with E-state index in [0.29, 0.717) is 15.6 Å². The average Bonchev–Trinajstić information content (AvgIpc) is 2.13. The molecule has 0 saturated carbocycles. The molecule has 1 aromatic rings. The summed E-state index contributed by atoms with van der Waals surface area (Å²) < 4.78 is 38.0. The number of alkyl halides is 3. The molecular weight excluding hydrogens is 322 g/mol. The molecule has 17 heavy (non-hydrogen) atoms. The minimum Gasteiger partial charge on any atom is -0.508 e. The van der Waals surface area contributed by atoms with Crippen molar-refractivity contribution in [2.45, 2.75) is 26.1 Å². The maximum atomic E-state index is 12.5. The van der Waals surface area contributed by atoms with Crippen molar-refractivity contribution in [3.8, 4) is 5.75 Å². The Labute approximate surface area is 112 Å². The van der Waals surface area contributed by atoms with Crippen molar-refractivity contribution in [2.75, 3.05) is 0 Å². The molecule has 0 aromatic heterocycles. The standard InChI is InChI=1S/C10H11BrF3NO.ClH/c1-4-3-6(16)7(5(2)8(4)11)9(15)10(12,13)14;/h3,9,16H,15H2,1-2H3;1H/t9-;/m0./s1. The average molecular weight is 335 g/mol. The molecule has 0 aliphatic rings. The third kappa shape index (κ3) is 3.26. The summed E-state index contributed by atoms with van der Waals surface area (Å²) in [6.07, 6.45) is -4.57. The number of aromatic hydroxyl groups is 1. The summed E-state index contributed by atoms with van der Waals surface area (Å²) >= 11 is 3.17. The van der Waals surface area contributed by atoms with Gasteiger partial charge in [-0.2, -0.15) is 13.2 Å². The maximum absolute atomic E-state index is 12.5. The van der Waals surface area contributed by atoms with E-state index in [2.05, 4.69) is 15.9 Å². The Balaban J connectivity index is 0.00000256. The van der Waals surface area contributed by atoms with Gasteiger partial charge in [-0.05, 0) is 31.0 Å². The number of hydrogen-bond donors (Lipinski definition) is 2. The minimum atomic E-state index is -4.57. The summed E-state index contributed by atoms with van der Waals surface area (Å²) in [5, 5.41) is 9.53. The summed E-state index contributed by atoms with van der Waals surface area (Å²) in [6.45, 7) is 3.16. The molecule has 0 spiro atoms. The van der Waals surface area contributed by atoms with Crippen LogP contribution in [0.5, 0.6) is 5.75 Å². The van der Waals surface area contributed by atoms with Crippen LogP contribution in [0, 0.1) is 13.8 Å². The molecule has 98 valence electrons. The summed E-state index contributed by atoms with van der Waals surface area (Å²) in [5.74, 6) is -0.428. The van der Waals surface area contributed by atoms with Crippen molar-refractivity contribution in [3.05, 3.63) is 27.2 Å². The van der Waals surface area contributed by atoms with Gasteiger partial charge in [0.25, 0.3) is 0 Å². The molecule has 0 saturated heterocycles. The van der Waals surface area contributed by atoms with Crippen molar-refractivity contribution in [1.82, 2.24) is 0 Å². The van der Waals surface area contributed by atoms with E-state index in [9.17, 15) is 18.3 Å². The van der Waals surface area contributed by atoms with Gasteiger partial charge >= 0.3 is 6.18 Å². The molecule has 3 N–H and O–H groups in total. The summed E-state index contributed by atoms with van der Waals surface area (Å²) in [5.41, 5.74) is 5.77. The van der Waals surface area contributed by atoms with Crippen LogP contribution < -0.4 is 5.73 Å². The number of halogens is 5. The second-order valence-corrected chi connectivity index (χ2v) is 4.38. The number of hydrogen-bond acceptors (Lipinski definition) is 2. The minimum absolute atomic E-state index is 0. The molecule has 0 aliphatic carbocycles. The lowest BCUT2D eigenvalue weighted by Crippen LogP contribution is -2.29. The predicted molar refractivity (Wildman–Crippen MR) is 65.5 cm³/mol. The van der Waals surface area contributed by atoms with Crippen molar-refractivity contribution in [1.29, 1.82) is 0 Å². The molecule has 2 nitrogen and oxygen atoms in total. The normalized spacial score (nSPS) is 13.1. The van der Waals surface area contributed by atoms with Crippen LogP contribution in [0.3, 0.4) is 0 Å². The van der Waals surface area contributed by atoms with Gasteiger partial charge in [0.2, 0.25) is 0 Å². The molecule has 0 bridgehead atoms. The SMILES string of the molecule is Cc1cc(O)c([C@H](N)C(F)(F)F)c(C)c1Br.Cl. The summed E-state index contributed by atoms with van der Waals surface area (Å²) in [6, 6.07) is -0.915. The van der Waals surface area contributed by atoms with E-state index in [0.717, 1.165) is 0 Å². The first-order chi connectivity index (χ1) is 7.16. The van der Waals surface area contributed by atoms with Crippen LogP contribution >= 0.6 is 28.3 Å². The quantitative estimate of drug-likeness (QED) is 0.821. The predicted octanol–water partition coefficient (Wildman–Crippen LogP) is 3.76. The van der Waals surface area contributed by atoms with Gasteiger partial charge in [0.1, 0.15) is 11.8 Å². The number of benzene rings is 1. The number of aryl methyl sites for hydroxylation is 1. The van der Waals surface area contributed by atoms with Gasteiger partial charge in [0, 0.05) is 10.0 Å². The second kappa shape index (κ2) is 5.46. The zero-order chi connectivity index (χ0) is 12.7. The Hall–Kier alpha value is -0.460. The Morgan fingerprint density at radius 3 is 2.24 bits per heavy atom. The molecule has 1 aromatic carbocycles. The number of nitrogens with two attached hydrogens (primary N) is 1. The fraction of sp³-hybridized carbons (Fsp3) is 0.400. The van der Waals surface area contributed by atoms with Crippen LogP contribution in [0.1, 0.15) is 22.7 Å². The van der Waals surface area contributed by atoms with Crippen molar-refractivity contribution >= 4 is 28.3 Å². The van der Waals surface area contributed by atoms with Crippen LogP contribution in [-0.4, -0.2) is 11.3 Å². The van der Waals surface area contributed by atoms with Crippen molar-refractivity contribution in [2.24, 2.45) is 5.73 Å². The number of rotatable bonds is 1. The van der Waals surface area contributed by atoms with Crippen LogP contribution in [0.15, 0.2) is 10.5 Å². The molecule has 0 unspecified atom stereocenters. The topological polar surface area (TPSA) is 46.2 Å². The molecule has 0 heterocycles. The van der Waals surface area contributed by atoms with Crippen LogP contribution in [-0.2, 0) is 0 Å². The van der Waals surface area contributed by atoms with E-state index in [1.807, 2.05) is 0 Å². The second-order valence-electron chi connectivity index (χ2n) is 3.58. The lowest BCUT2D eigenvalue weighted by Gasteiger charge is -2.20. The maximum Gasteiger partial charge on any atom is 0.407 e. The van der Waals surface area contributed by atoms with Gasteiger partial charge in [-0.3, -0.25) is 0 Å². The van der Waals surface area contributed by atoms with E-state index in [4.69, 9.17) is 5.73 Å². The Morgan fingerprint density at radius 2 is 1.82 bits per heavy atom. The summed E-state index contributed by atoms with van der Waals surface area (Å²) in [7, 11) is 0. The Kier molecular flexibility index (Phi) is 5.31. The highest BCUT2D eigenvalue weighted by molar-refractivity contribution is 9.10. The summed E-state index contributed by atoms with van der Waals surface area (Å²) in [4.78, 5) is 0. The number of phenolic OH excluding ortho intramolecular Hbond substituents is 1. The molecule has 0 radical (unpaired) electrons. The number of phenols is 1. The van der Waals surface area contributed by atoms with E-state index in [-0.39, 0.29) is 18.0 Å². The fourth-order valence-electron chi connectivity index (χ4n) is 1.51. The van der Waals surface area contributed by atoms with E-state index >= 15 is 0 Å². The van der Waals surface area contributed by atoms with E-state index < -0.39 is 18.0 Å². The highest BCUT2D eigenvalue weighted by Crippen LogP contribution is 2.40. The highest BCUT2D eigenvalue weighted by Gasteiger charge is 2.40. The van der Waals surface area contributed by atoms with Crippen LogP contribution in [0.4, 0.5) is 13.2 Å². The van der Waals surface area contributed by atoms with E-state index in [1.54, 1.807) is 6.92 Å². The third-order valence-electron chi connectivity index (χ3n) is 2.37. The highest BCUT2D eigenvalue weighted by atomic mass is 79.9. The largest absolute Gasteiger partial charge is 0.508 e. The molecule has 0 fully saturated rings. The van der Waals surface area contributed by atoms with E-state index in [1.165, 1.54) is 13.0 Å². The molecule has 7 heteroatoms. The van der Waals surface area contributed by atoms with Gasteiger partial charge in [-0.25, -0.2) is 0 Å². The Bertz CT molecular complexity index is 423. The van der Waals surface area contributed by atoms with Gasteiger partial charge in [0.15, 0.2) is 0 Å². The first kappa shape index (κ1) is 16.5. The van der Waals surface area contributed by atoms with Gasteiger partial charge in [-0.15, -0.1) is 12.4 Å². The molecule has 0 aliphatic heterocycles. The molecule has 1 atom stereocenters. The first-order valence-corrected chi connectivity index (χ1v) is 5.26. The van der Waals surface area contributed by atoms with Crippen LogP contribution in [0.2, 0.25) is 0 Å². The van der Waals surface area contributed by atoms with Crippen molar-refractivity contribution < 1.29 is 18.3 Å². The Morgan fingerprint density at radius 1 is 1.35 bits per heavy atom. The molecular formula is C10H12BrClF3NO. The van der Waals surface area contributed by atoms with Gasteiger partial charge < -0.3 is 10.8 Å². The zero-order valence-corrected chi connectivity index (χ0v) is 11.5. The smallest absolute Gasteiger partial charge is 0.407 e. The third-order valence-corrected chi connectivity index (χ3v) is 3.59. The first-order valence-electron chi connectivity index (χ1n) is 4.47. The van der Waals surface area contributed by atoms with Gasteiger partial charge in [0.05, 0.1) is 0 Å². The fourth-order valence-corrected chi connectivity index (χ4v) is 1.84. The monoisotopic (exact) mass is 333 g/mol. The lowest BCUT2D eigenvalue weighted by atomic mass is 9.98. The molecule has 0 amide bonds. The zero-order valence-electron chi connectivity index (χ0n) is 9.10. The van der Waals surface area contributed by atoms with Crippen molar-refractivity contribution in [3.63, 3.8) is 0 Å². The lowest BCUT2D eigenvalue weighted by molar-refractivity contribution is -0.149. The van der Waals surface area contributed by atoms with Gasteiger partial charge in [-0.1, -0.05) is 15.9 Å². The molecule has 1 rings (SSSR count).